The highest BCUT2D eigenvalue weighted by atomic mass is 32.2. The predicted octanol–water partition coefficient (Wildman–Crippen LogP) is 2.14. The minimum absolute atomic E-state index is 0.0499. The van der Waals surface area contributed by atoms with Gasteiger partial charge in [-0.25, -0.2) is 0 Å². The molecule has 2 aromatic carbocycles. The number of ether oxygens (including phenoxy) is 1. The van der Waals surface area contributed by atoms with Crippen molar-refractivity contribution in [2.45, 2.75) is 17.2 Å². The van der Waals surface area contributed by atoms with Crippen molar-refractivity contribution in [3.8, 4) is 17.1 Å². The predicted molar refractivity (Wildman–Crippen MR) is 125 cm³/mol. The number of nitrogens with zero attached hydrogens (tertiary/aromatic N) is 4. The summed E-state index contributed by atoms with van der Waals surface area (Å²) < 4.78 is 6.99. The third-order valence-electron chi connectivity index (χ3n) is 4.55. The van der Waals surface area contributed by atoms with Crippen LogP contribution in [0.2, 0.25) is 0 Å². The first kappa shape index (κ1) is 22.2. The van der Waals surface area contributed by atoms with Gasteiger partial charge in [-0.2, -0.15) is 5.10 Å². The molecule has 1 amide bonds. The van der Waals surface area contributed by atoms with E-state index in [0.29, 0.717) is 17.5 Å². The molecule has 0 aliphatic carbocycles. The number of hydrogen-bond donors (Lipinski definition) is 3. The molecule has 0 saturated carbocycles. The maximum absolute atomic E-state index is 12.5. The quantitative estimate of drug-likeness (QED) is 0.408. The van der Waals surface area contributed by atoms with Gasteiger partial charge in [0.1, 0.15) is 10.8 Å². The Labute approximate surface area is 193 Å². The van der Waals surface area contributed by atoms with Crippen molar-refractivity contribution in [1.82, 2.24) is 25.5 Å². The lowest BCUT2D eigenvalue weighted by Crippen LogP contribution is -2.39. The third kappa shape index (κ3) is 5.23. The Bertz CT molecular complexity index is 1090. The Hall–Kier alpha value is -3.02. The summed E-state index contributed by atoms with van der Waals surface area (Å²) in [7, 11) is 1.62. The first-order valence-corrected chi connectivity index (χ1v) is 11.7. The Kier molecular flexibility index (Phi) is 7.30. The largest absolute Gasteiger partial charge is 0.497 e. The smallest absolute Gasteiger partial charge is 0.232 e. The number of hydrazone groups is 1. The van der Waals surface area contributed by atoms with Gasteiger partial charge in [0.2, 0.25) is 5.91 Å². The molecule has 11 heteroatoms. The average Bonchev–Trinajstić information content (AvgIpc) is 3.46. The summed E-state index contributed by atoms with van der Waals surface area (Å²) >= 11 is 2.70. The lowest BCUT2D eigenvalue weighted by molar-refractivity contribution is -0.118. The van der Waals surface area contributed by atoms with Gasteiger partial charge in [-0.05, 0) is 24.3 Å². The van der Waals surface area contributed by atoms with Crippen molar-refractivity contribution < 1.29 is 14.6 Å². The number of aliphatic hydroxyl groups is 1. The number of benzene rings is 2. The lowest BCUT2D eigenvalue weighted by Gasteiger charge is -2.12. The van der Waals surface area contributed by atoms with E-state index in [1.165, 1.54) is 23.5 Å². The van der Waals surface area contributed by atoms with Gasteiger partial charge in [0.15, 0.2) is 16.5 Å². The number of carbonyl (C=O) groups excluding carboxylic acids is 1. The highest BCUT2D eigenvalue weighted by Crippen LogP contribution is 2.25. The van der Waals surface area contributed by atoms with Crippen molar-refractivity contribution in [1.29, 1.82) is 0 Å². The van der Waals surface area contributed by atoms with Crippen LogP contribution in [-0.4, -0.2) is 55.8 Å². The molecule has 1 aliphatic rings. The van der Waals surface area contributed by atoms with Crippen LogP contribution in [0.4, 0.5) is 0 Å². The maximum Gasteiger partial charge on any atom is 0.232 e. The van der Waals surface area contributed by atoms with Crippen LogP contribution in [0.15, 0.2) is 64.9 Å². The van der Waals surface area contributed by atoms with Gasteiger partial charge in [-0.1, -0.05) is 53.9 Å². The summed E-state index contributed by atoms with van der Waals surface area (Å²) in [6, 6.07) is 17.2. The summed E-state index contributed by atoms with van der Waals surface area (Å²) in [4.78, 5) is 12.5. The Morgan fingerprint density at radius 3 is 2.69 bits per heavy atom. The van der Waals surface area contributed by atoms with E-state index in [1.807, 2.05) is 59.2 Å². The molecule has 0 radical (unpaired) electrons. The third-order valence-corrected chi connectivity index (χ3v) is 6.52. The standard InChI is InChI=1S/C21H22N6O3S2/c1-30-16-9-7-15(8-10-16)19-24-25-20(32-19)22-17(29)13-31-21-26-23-18(27(21)11-12-28)14-5-3-2-4-6-14/h2-10,20,25,28H,11-13H2,1H3,(H,22,29). The molecule has 1 atom stereocenters. The van der Waals surface area contributed by atoms with Crippen LogP contribution in [0.25, 0.3) is 11.4 Å². The molecule has 1 unspecified atom stereocenters. The van der Waals surface area contributed by atoms with E-state index < -0.39 is 0 Å². The maximum atomic E-state index is 12.5. The van der Waals surface area contributed by atoms with Crippen LogP contribution in [0, 0.1) is 0 Å². The highest BCUT2D eigenvalue weighted by molar-refractivity contribution is 8.15. The van der Waals surface area contributed by atoms with E-state index >= 15 is 0 Å². The number of amides is 1. The summed E-state index contributed by atoms with van der Waals surface area (Å²) in [5, 5.41) is 26.5. The van der Waals surface area contributed by atoms with Gasteiger partial charge in [0.25, 0.3) is 0 Å². The molecule has 0 spiro atoms. The van der Waals surface area contributed by atoms with Crippen LogP contribution < -0.4 is 15.5 Å². The van der Waals surface area contributed by atoms with Crippen LogP contribution >= 0.6 is 23.5 Å². The number of thioether (sulfide) groups is 2. The molecule has 3 aromatic rings. The first-order valence-electron chi connectivity index (χ1n) is 9.84. The van der Waals surface area contributed by atoms with Crippen molar-refractivity contribution in [3.63, 3.8) is 0 Å². The molecule has 2 heterocycles. The zero-order valence-corrected chi connectivity index (χ0v) is 18.9. The minimum Gasteiger partial charge on any atom is -0.497 e. The molecule has 32 heavy (non-hydrogen) atoms. The number of nitrogens with one attached hydrogen (secondary N) is 2. The Balaban J connectivity index is 1.32. The van der Waals surface area contributed by atoms with Gasteiger partial charge in [0, 0.05) is 17.7 Å². The summed E-state index contributed by atoms with van der Waals surface area (Å²) in [6.45, 7) is 0.298. The summed E-state index contributed by atoms with van der Waals surface area (Å²) in [5.74, 6) is 1.44. The molecule has 4 rings (SSSR count). The van der Waals surface area contributed by atoms with Gasteiger partial charge in [-0.3, -0.25) is 14.8 Å². The fourth-order valence-corrected chi connectivity index (χ4v) is 4.70. The Morgan fingerprint density at radius 1 is 1.19 bits per heavy atom. The van der Waals surface area contributed by atoms with Crippen LogP contribution in [0.5, 0.6) is 5.75 Å². The summed E-state index contributed by atoms with van der Waals surface area (Å²) in [5.41, 5.74) is 4.43. The van der Waals surface area contributed by atoms with E-state index in [4.69, 9.17) is 4.74 Å². The fraction of sp³-hybridized carbons (Fsp3) is 0.238. The number of carbonyl (C=O) groups is 1. The molecular weight excluding hydrogens is 448 g/mol. The molecular formula is C21H22N6O3S2. The van der Waals surface area contributed by atoms with E-state index in [0.717, 1.165) is 21.9 Å². The number of rotatable bonds is 9. The molecule has 0 saturated heterocycles. The van der Waals surface area contributed by atoms with Gasteiger partial charge in [0.05, 0.1) is 19.5 Å². The van der Waals surface area contributed by atoms with Gasteiger partial charge < -0.3 is 15.2 Å². The molecule has 3 N–H and O–H groups in total. The van der Waals surface area contributed by atoms with Gasteiger partial charge >= 0.3 is 0 Å². The molecule has 166 valence electrons. The van der Waals surface area contributed by atoms with Crippen LogP contribution in [0.1, 0.15) is 5.56 Å². The molecule has 9 nitrogen and oxygen atoms in total. The van der Waals surface area contributed by atoms with E-state index in [1.54, 1.807) is 7.11 Å². The second-order valence-corrected chi connectivity index (χ2v) is 8.71. The molecule has 1 aromatic heterocycles. The molecule has 0 fully saturated rings. The summed E-state index contributed by atoms with van der Waals surface area (Å²) in [6.07, 6.45) is 0. The average molecular weight is 471 g/mol. The lowest BCUT2D eigenvalue weighted by atomic mass is 10.2. The van der Waals surface area contributed by atoms with Crippen molar-refractivity contribution in [2.75, 3.05) is 19.5 Å². The number of aromatic nitrogens is 3. The second-order valence-electron chi connectivity index (χ2n) is 6.68. The second kappa shape index (κ2) is 10.5. The van der Waals surface area contributed by atoms with Crippen molar-refractivity contribution in [3.05, 3.63) is 60.2 Å². The van der Waals surface area contributed by atoms with E-state index in [2.05, 4.69) is 26.0 Å². The number of methoxy groups -OCH3 is 1. The molecule has 1 aliphatic heterocycles. The van der Waals surface area contributed by atoms with E-state index in [-0.39, 0.29) is 23.8 Å². The topological polar surface area (TPSA) is 114 Å². The Morgan fingerprint density at radius 2 is 1.97 bits per heavy atom. The zero-order chi connectivity index (χ0) is 22.3. The zero-order valence-electron chi connectivity index (χ0n) is 17.3. The SMILES string of the molecule is COc1ccc(C2=NNC(NC(=O)CSc3nnc(-c4ccccc4)n3CCO)S2)cc1. The first-order chi connectivity index (χ1) is 15.7. The van der Waals surface area contributed by atoms with Crippen LogP contribution in [-0.2, 0) is 11.3 Å². The minimum atomic E-state index is -0.351. The number of aliphatic hydroxyl groups excluding tert-OH is 1. The number of hydrogen-bond acceptors (Lipinski definition) is 9. The monoisotopic (exact) mass is 470 g/mol. The fourth-order valence-electron chi connectivity index (χ4n) is 3.03. The van der Waals surface area contributed by atoms with Gasteiger partial charge in [-0.15, -0.1) is 10.2 Å². The van der Waals surface area contributed by atoms with Crippen molar-refractivity contribution in [2.24, 2.45) is 5.10 Å². The van der Waals surface area contributed by atoms with E-state index in [9.17, 15) is 9.90 Å². The highest BCUT2D eigenvalue weighted by Gasteiger charge is 2.23. The van der Waals surface area contributed by atoms with Crippen molar-refractivity contribution >= 4 is 34.5 Å². The molecule has 0 bridgehead atoms. The normalized spacial score (nSPS) is 15.2. The van der Waals surface area contributed by atoms with Crippen LogP contribution in [0.3, 0.4) is 0 Å².